The van der Waals surface area contributed by atoms with E-state index in [1.807, 2.05) is 7.05 Å². The third-order valence-corrected chi connectivity index (χ3v) is 4.11. The van der Waals surface area contributed by atoms with Crippen LogP contribution in [0.1, 0.15) is 0 Å². The fourth-order valence-corrected chi connectivity index (χ4v) is 3.08. The summed E-state index contributed by atoms with van der Waals surface area (Å²) in [5.41, 5.74) is 1.05. The Morgan fingerprint density at radius 3 is 2.77 bits per heavy atom. The maximum Gasteiger partial charge on any atom is 0.182 e. The van der Waals surface area contributed by atoms with Crippen molar-refractivity contribution in [3.05, 3.63) is 21.3 Å². The maximum atomic E-state index is 4.41. The predicted octanol–water partition coefficient (Wildman–Crippen LogP) is 3.68. The van der Waals surface area contributed by atoms with Crippen molar-refractivity contribution in [3.63, 3.8) is 0 Å². The van der Waals surface area contributed by atoms with Crippen molar-refractivity contribution >= 4 is 43.7 Å². The van der Waals surface area contributed by atoms with E-state index in [2.05, 4.69) is 43.1 Å². The highest BCUT2D eigenvalue weighted by molar-refractivity contribution is 9.10. The number of thiazole rings is 1. The lowest BCUT2D eigenvalue weighted by Crippen LogP contribution is -1.84. The van der Waals surface area contributed by atoms with Gasteiger partial charge < -0.3 is 5.32 Å². The van der Waals surface area contributed by atoms with Crippen LogP contribution in [0.3, 0.4) is 0 Å². The van der Waals surface area contributed by atoms with Gasteiger partial charge in [0.2, 0.25) is 0 Å². The normalized spacial score (nSPS) is 10.3. The Labute approximate surface area is 92.8 Å². The zero-order valence-electron chi connectivity index (χ0n) is 6.87. The number of anilines is 1. The first-order chi connectivity index (χ1) is 6.29. The number of rotatable bonds is 2. The van der Waals surface area contributed by atoms with Crippen molar-refractivity contribution in [2.24, 2.45) is 0 Å². The lowest BCUT2D eigenvalue weighted by atomic mass is 10.4. The molecule has 0 bridgehead atoms. The first-order valence-electron chi connectivity index (χ1n) is 3.67. The average Bonchev–Trinajstić information content (AvgIpc) is 2.71. The van der Waals surface area contributed by atoms with E-state index in [1.54, 1.807) is 22.7 Å². The molecule has 5 heteroatoms. The molecule has 1 N–H and O–H groups in total. The van der Waals surface area contributed by atoms with E-state index in [9.17, 15) is 0 Å². The number of aromatic nitrogens is 1. The fraction of sp³-hybridized carbons (Fsp3) is 0.125. The Kier molecular flexibility index (Phi) is 2.66. The second-order valence-corrected chi connectivity index (χ2v) is 5.10. The number of hydrogen-bond donors (Lipinski definition) is 1. The zero-order valence-corrected chi connectivity index (χ0v) is 10.1. The van der Waals surface area contributed by atoms with E-state index in [0.717, 1.165) is 15.3 Å². The molecule has 13 heavy (non-hydrogen) atoms. The van der Waals surface area contributed by atoms with Gasteiger partial charge in [-0.2, -0.15) is 0 Å². The Bertz CT molecular complexity index is 408. The van der Waals surface area contributed by atoms with Gasteiger partial charge in [-0.1, -0.05) is 0 Å². The fourth-order valence-electron chi connectivity index (χ4n) is 0.949. The summed E-state index contributed by atoms with van der Waals surface area (Å²) in [5.74, 6) is 0. The molecule has 2 aromatic rings. The van der Waals surface area contributed by atoms with Crippen molar-refractivity contribution in [1.29, 1.82) is 0 Å². The topological polar surface area (TPSA) is 24.9 Å². The summed E-state index contributed by atoms with van der Waals surface area (Å²) in [6, 6.07) is 2.08. The third-order valence-electron chi connectivity index (χ3n) is 1.54. The van der Waals surface area contributed by atoms with Crippen molar-refractivity contribution < 1.29 is 0 Å². The average molecular weight is 275 g/mol. The number of halogens is 1. The van der Waals surface area contributed by atoms with Gasteiger partial charge in [-0.3, -0.25) is 0 Å². The van der Waals surface area contributed by atoms with Crippen molar-refractivity contribution in [1.82, 2.24) is 4.98 Å². The molecule has 0 atom stereocenters. The molecule has 0 unspecified atom stereocenters. The molecule has 0 aliphatic rings. The molecule has 0 radical (unpaired) electrons. The summed E-state index contributed by atoms with van der Waals surface area (Å²) in [6.07, 6.45) is 0. The van der Waals surface area contributed by atoms with Crippen LogP contribution in [-0.4, -0.2) is 12.0 Å². The van der Waals surface area contributed by atoms with Gasteiger partial charge in [0.05, 0.1) is 10.6 Å². The quantitative estimate of drug-likeness (QED) is 0.904. The van der Waals surface area contributed by atoms with Crippen molar-refractivity contribution in [2.75, 3.05) is 12.4 Å². The van der Waals surface area contributed by atoms with E-state index >= 15 is 0 Å². The molecule has 0 aliphatic carbocycles. The molecule has 0 aromatic carbocycles. The molecule has 0 fully saturated rings. The second kappa shape index (κ2) is 3.77. The van der Waals surface area contributed by atoms with Gasteiger partial charge in [0, 0.05) is 22.3 Å². The molecule has 0 saturated heterocycles. The molecule has 0 saturated carbocycles. The Morgan fingerprint density at radius 2 is 2.23 bits per heavy atom. The molecule has 68 valence electrons. The maximum absolute atomic E-state index is 4.41. The molecule has 0 amide bonds. The van der Waals surface area contributed by atoms with Crippen LogP contribution in [0.5, 0.6) is 0 Å². The summed E-state index contributed by atoms with van der Waals surface area (Å²) in [4.78, 5) is 5.61. The first-order valence-corrected chi connectivity index (χ1v) is 6.22. The van der Waals surface area contributed by atoms with Crippen LogP contribution in [-0.2, 0) is 0 Å². The first kappa shape index (κ1) is 9.18. The van der Waals surface area contributed by atoms with Gasteiger partial charge in [-0.25, -0.2) is 4.98 Å². The lowest BCUT2D eigenvalue weighted by molar-refractivity contribution is 1.37. The highest BCUT2D eigenvalue weighted by atomic mass is 79.9. The van der Waals surface area contributed by atoms with E-state index in [-0.39, 0.29) is 0 Å². The Balaban J connectivity index is 2.35. The number of nitrogens with zero attached hydrogens (tertiary/aromatic N) is 1. The zero-order chi connectivity index (χ0) is 9.26. The Morgan fingerprint density at radius 1 is 1.38 bits per heavy atom. The van der Waals surface area contributed by atoms with Crippen LogP contribution in [0.15, 0.2) is 21.3 Å². The molecule has 2 rings (SSSR count). The molecular formula is C8H7BrN2S2. The molecule has 0 aliphatic heterocycles. The van der Waals surface area contributed by atoms with Gasteiger partial charge in [-0.05, 0) is 22.0 Å². The van der Waals surface area contributed by atoms with Gasteiger partial charge in [0.25, 0.3) is 0 Å². The molecule has 2 nitrogen and oxygen atoms in total. The third kappa shape index (κ3) is 1.92. The molecule has 2 heterocycles. The van der Waals surface area contributed by atoms with Crippen LogP contribution in [0, 0.1) is 0 Å². The monoisotopic (exact) mass is 274 g/mol. The minimum Gasteiger partial charge on any atom is -0.365 e. The molecule has 0 spiro atoms. The van der Waals surface area contributed by atoms with Gasteiger partial charge in [0.1, 0.15) is 0 Å². The molecule has 2 aromatic heterocycles. The van der Waals surface area contributed by atoms with E-state index < -0.39 is 0 Å². The summed E-state index contributed by atoms with van der Waals surface area (Å²) < 4.78 is 1.12. The SMILES string of the molecule is CNc1nc(-c2cc(Br)cs2)cs1. The predicted molar refractivity (Wildman–Crippen MR) is 62.7 cm³/mol. The number of nitrogens with one attached hydrogen (secondary N) is 1. The van der Waals surface area contributed by atoms with Crippen LogP contribution in [0.2, 0.25) is 0 Å². The summed E-state index contributed by atoms with van der Waals surface area (Å²) in [5, 5.41) is 8.10. The minimum absolute atomic E-state index is 0.958. The largest absolute Gasteiger partial charge is 0.365 e. The number of hydrogen-bond acceptors (Lipinski definition) is 4. The minimum atomic E-state index is 0.958. The van der Waals surface area contributed by atoms with E-state index in [0.29, 0.717) is 0 Å². The van der Waals surface area contributed by atoms with Crippen LogP contribution in [0.4, 0.5) is 5.13 Å². The van der Waals surface area contributed by atoms with Gasteiger partial charge >= 0.3 is 0 Å². The van der Waals surface area contributed by atoms with Crippen molar-refractivity contribution in [3.8, 4) is 10.6 Å². The lowest BCUT2D eigenvalue weighted by Gasteiger charge is -1.89. The van der Waals surface area contributed by atoms with Crippen molar-refractivity contribution in [2.45, 2.75) is 0 Å². The van der Waals surface area contributed by atoms with Gasteiger partial charge in [-0.15, -0.1) is 22.7 Å². The second-order valence-electron chi connectivity index (χ2n) is 2.42. The smallest absolute Gasteiger partial charge is 0.182 e. The summed E-state index contributed by atoms with van der Waals surface area (Å²) in [7, 11) is 1.88. The molecular weight excluding hydrogens is 268 g/mol. The highest BCUT2D eigenvalue weighted by Crippen LogP contribution is 2.31. The summed E-state index contributed by atoms with van der Waals surface area (Å²) in [6.45, 7) is 0. The number of thiophene rings is 1. The van der Waals surface area contributed by atoms with Gasteiger partial charge in [0.15, 0.2) is 5.13 Å². The highest BCUT2D eigenvalue weighted by Gasteiger charge is 2.05. The Hall–Kier alpha value is -0.390. The standard InChI is InChI=1S/C8H7BrN2S2/c1-10-8-11-6(4-13-8)7-2-5(9)3-12-7/h2-4H,1H3,(H,10,11). The van der Waals surface area contributed by atoms with E-state index in [1.165, 1.54) is 4.88 Å². The van der Waals surface area contributed by atoms with Crippen LogP contribution >= 0.6 is 38.6 Å². The summed E-state index contributed by atoms with van der Waals surface area (Å²) >= 11 is 6.74. The van der Waals surface area contributed by atoms with Crippen LogP contribution in [0.25, 0.3) is 10.6 Å². The van der Waals surface area contributed by atoms with Crippen LogP contribution < -0.4 is 5.32 Å². The van der Waals surface area contributed by atoms with E-state index in [4.69, 9.17) is 0 Å².